The second-order valence-electron chi connectivity index (χ2n) is 3.47. The summed E-state index contributed by atoms with van der Waals surface area (Å²) in [5.41, 5.74) is 0. The van der Waals surface area contributed by atoms with E-state index in [9.17, 15) is 0 Å². The number of aliphatic hydroxyl groups is 1. The van der Waals surface area contributed by atoms with Gasteiger partial charge in [-0.15, -0.1) is 0 Å². The molecule has 2 atom stereocenters. The van der Waals surface area contributed by atoms with E-state index in [1.165, 1.54) is 0 Å². The fourth-order valence-electron chi connectivity index (χ4n) is 1.68. The minimum absolute atomic E-state index is 0.231. The van der Waals surface area contributed by atoms with E-state index in [1.807, 2.05) is 0 Å². The number of hydrogen-bond donors (Lipinski definition) is 2. The molecular formula is C8H18N2OS. The molecule has 3 nitrogen and oxygen atoms in total. The summed E-state index contributed by atoms with van der Waals surface area (Å²) in [4.78, 5) is 4.48. The summed E-state index contributed by atoms with van der Waals surface area (Å²) in [5.74, 6) is 0. The molecule has 0 spiro atoms. The standard InChI is InChI=1S/C8H18N2OS/c1-7(12)10-4-3-9(2)5-8(10)6-11/h7-8,11-12H,3-6H2,1-2H3. The molecule has 1 rings (SSSR count). The van der Waals surface area contributed by atoms with Crippen molar-refractivity contribution in [2.75, 3.05) is 33.3 Å². The van der Waals surface area contributed by atoms with Gasteiger partial charge in [0.05, 0.1) is 12.0 Å². The molecule has 0 amide bonds. The molecule has 0 aromatic rings. The van der Waals surface area contributed by atoms with Crippen molar-refractivity contribution in [1.29, 1.82) is 0 Å². The monoisotopic (exact) mass is 190 g/mol. The maximum atomic E-state index is 9.13. The van der Waals surface area contributed by atoms with Gasteiger partial charge in [-0.05, 0) is 14.0 Å². The van der Waals surface area contributed by atoms with Crippen molar-refractivity contribution in [3.63, 3.8) is 0 Å². The lowest BCUT2D eigenvalue weighted by molar-refractivity contribution is 0.0476. The van der Waals surface area contributed by atoms with Crippen LogP contribution >= 0.6 is 12.6 Å². The highest BCUT2D eigenvalue weighted by Gasteiger charge is 2.26. The van der Waals surface area contributed by atoms with Gasteiger partial charge in [-0.3, -0.25) is 4.90 Å². The fraction of sp³-hybridized carbons (Fsp3) is 1.00. The number of nitrogens with zero attached hydrogens (tertiary/aromatic N) is 2. The molecule has 1 fully saturated rings. The lowest BCUT2D eigenvalue weighted by atomic mass is 10.2. The van der Waals surface area contributed by atoms with Crippen molar-refractivity contribution in [3.8, 4) is 0 Å². The van der Waals surface area contributed by atoms with Crippen LogP contribution in [0.4, 0.5) is 0 Å². The van der Waals surface area contributed by atoms with Crippen LogP contribution in [0.25, 0.3) is 0 Å². The maximum absolute atomic E-state index is 9.13. The van der Waals surface area contributed by atoms with E-state index in [2.05, 4.69) is 36.4 Å². The summed E-state index contributed by atoms with van der Waals surface area (Å²) in [5, 5.41) is 9.37. The molecule has 0 aromatic heterocycles. The Morgan fingerprint density at radius 2 is 2.25 bits per heavy atom. The average Bonchev–Trinajstić information content (AvgIpc) is 2.03. The molecule has 1 N–H and O–H groups in total. The Kier molecular flexibility index (Phi) is 3.83. The lowest BCUT2D eigenvalue weighted by Crippen LogP contribution is -2.55. The minimum atomic E-state index is 0.231. The molecule has 72 valence electrons. The highest BCUT2D eigenvalue weighted by atomic mass is 32.1. The molecule has 1 aliphatic rings. The van der Waals surface area contributed by atoms with Crippen molar-refractivity contribution in [2.24, 2.45) is 0 Å². The Bertz CT molecular complexity index is 143. The second kappa shape index (κ2) is 4.46. The molecule has 0 aromatic carbocycles. The smallest absolute Gasteiger partial charge is 0.0599 e. The van der Waals surface area contributed by atoms with Gasteiger partial charge in [-0.1, -0.05) is 0 Å². The summed E-state index contributed by atoms with van der Waals surface area (Å²) in [6, 6.07) is 0.260. The molecule has 0 radical (unpaired) electrons. The molecular weight excluding hydrogens is 172 g/mol. The van der Waals surface area contributed by atoms with E-state index in [4.69, 9.17) is 5.11 Å². The van der Waals surface area contributed by atoms with Gasteiger partial charge in [0.25, 0.3) is 0 Å². The number of likely N-dealkylation sites (N-methyl/N-ethyl adjacent to an activating group) is 1. The summed E-state index contributed by atoms with van der Waals surface area (Å²) >= 11 is 4.38. The largest absolute Gasteiger partial charge is 0.395 e. The first-order valence-electron chi connectivity index (χ1n) is 4.38. The Morgan fingerprint density at radius 3 is 2.75 bits per heavy atom. The third-order valence-corrected chi connectivity index (χ3v) is 2.72. The average molecular weight is 190 g/mol. The van der Waals surface area contributed by atoms with Crippen LogP contribution in [-0.4, -0.2) is 59.6 Å². The Labute approximate surface area is 79.8 Å². The SMILES string of the molecule is CC(S)N1CCN(C)CC1CO. The second-order valence-corrected chi connectivity index (χ2v) is 4.22. The molecule has 2 unspecified atom stereocenters. The molecule has 0 bridgehead atoms. The van der Waals surface area contributed by atoms with Crippen LogP contribution in [0.15, 0.2) is 0 Å². The number of aliphatic hydroxyl groups excluding tert-OH is 1. The first kappa shape index (κ1) is 10.3. The van der Waals surface area contributed by atoms with Crippen molar-refractivity contribution in [3.05, 3.63) is 0 Å². The molecule has 0 aliphatic carbocycles. The summed E-state index contributed by atoms with van der Waals surface area (Å²) in [6.07, 6.45) is 0. The van der Waals surface area contributed by atoms with Crippen molar-refractivity contribution in [1.82, 2.24) is 9.80 Å². The molecule has 1 aliphatic heterocycles. The fourth-order valence-corrected chi connectivity index (χ4v) is 1.98. The molecule has 1 saturated heterocycles. The van der Waals surface area contributed by atoms with Crippen LogP contribution in [0, 0.1) is 0 Å². The molecule has 12 heavy (non-hydrogen) atoms. The number of thiol groups is 1. The van der Waals surface area contributed by atoms with Gasteiger partial charge >= 0.3 is 0 Å². The Balaban J connectivity index is 2.50. The van der Waals surface area contributed by atoms with Crippen LogP contribution in [0.3, 0.4) is 0 Å². The van der Waals surface area contributed by atoms with Gasteiger partial charge in [0.2, 0.25) is 0 Å². The first-order valence-corrected chi connectivity index (χ1v) is 4.90. The van der Waals surface area contributed by atoms with Crippen molar-refractivity contribution in [2.45, 2.75) is 18.3 Å². The van der Waals surface area contributed by atoms with Crippen LogP contribution in [0.2, 0.25) is 0 Å². The van der Waals surface area contributed by atoms with Crippen LogP contribution < -0.4 is 0 Å². The predicted octanol–water partition coefficient (Wildman–Crippen LogP) is -0.130. The van der Waals surface area contributed by atoms with Crippen molar-refractivity contribution >= 4 is 12.6 Å². The van der Waals surface area contributed by atoms with Gasteiger partial charge < -0.3 is 10.0 Å². The van der Waals surface area contributed by atoms with Gasteiger partial charge in [-0.25, -0.2) is 0 Å². The van der Waals surface area contributed by atoms with Crippen LogP contribution in [0.5, 0.6) is 0 Å². The van der Waals surface area contributed by atoms with E-state index in [0.29, 0.717) is 0 Å². The maximum Gasteiger partial charge on any atom is 0.0599 e. The van der Waals surface area contributed by atoms with Gasteiger partial charge in [0, 0.05) is 25.7 Å². The highest BCUT2D eigenvalue weighted by molar-refractivity contribution is 7.80. The zero-order valence-electron chi connectivity index (χ0n) is 7.77. The highest BCUT2D eigenvalue weighted by Crippen LogP contribution is 2.13. The van der Waals surface area contributed by atoms with Gasteiger partial charge in [0.15, 0.2) is 0 Å². The van der Waals surface area contributed by atoms with E-state index in [1.54, 1.807) is 0 Å². The molecule has 4 heteroatoms. The number of piperazine rings is 1. The van der Waals surface area contributed by atoms with E-state index < -0.39 is 0 Å². The number of rotatable bonds is 2. The Hall–Kier alpha value is 0.230. The quantitative estimate of drug-likeness (QED) is 0.594. The van der Waals surface area contributed by atoms with Crippen LogP contribution in [0.1, 0.15) is 6.92 Å². The van der Waals surface area contributed by atoms with Gasteiger partial charge in [-0.2, -0.15) is 12.6 Å². The lowest BCUT2D eigenvalue weighted by Gasteiger charge is -2.41. The van der Waals surface area contributed by atoms with E-state index >= 15 is 0 Å². The third kappa shape index (κ3) is 2.36. The zero-order chi connectivity index (χ0) is 9.14. The van der Waals surface area contributed by atoms with E-state index in [-0.39, 0.29) is 18.0 Å². The predicted molar refractivity (Wildman–Crippen MR) is 53.5 cm³/mol. The normalized spacial score (nSPS) is 30.5. The summed E-state index contributed by atoms with van der Waals surface area (Å²) in [6.45, 7) is 5.31. The number of hydrogen-bond acceptors (Lipinski definition) is 4. The van der Waals surface area contributed by atoms with Gasteiger partial charge in [0.1, 0.15) is 0 Å². The summed E-state index contributed by atoms with van der Waals surface area (Å²) < 4.78 is 0. The molecule has 0 saturated carbocycles. The Morgan fingerprint density at radius 1 is 1.58 bits per heavy atom. The van der Waals surface area contributed by atoms with Crippen LogP contribution in [-0.2, 0) is 0 Å². The first-order chi connectivity index (χ1) is 5.65. The van der Waals surface area contributed by atoms with Crippen molar-refractivity contribution < 1.29 is 5.11 Å². The zero-order valence-corrected chi connectivity index (χ0v) is 8.67. The molecule has 1 heterocycles. The van der Waals surface area contributed by atoms with E-state index in [0.717, 1.165) is 19.6 Å². The summed E-state index contributed by atoms with van der Waals surface area (Å²) in [7, 11) is 2.09. The third-order valence-electron chi connectivity index (χ3n) is 2.42. The topological polar surface area (TPSA) is 26.7 Å². The minimum Gasteiger partial charge on any atom is -0.395 e.